The first-order valence-corrected chi connectivity index (χ1v) is 4.49. The maximum Gasteiger partial charge on any atom is 0.309 e. The van der Waals surface area contributed by atoms with Gasteiger partial charge < -0.3 is 9.84 Å². The number of esters is 1. The van der Waals surface area contributed by atoms with Crippen LogP contribution in [0.15, 0.2) is 0 Å². The zero-order valence-electron chi connectivity index (χ0n) is 8.56. The van der Waals surface area contributed by atoms with Crippen molar-refractivity contribution < 1.29 is 24.8 Å². The van der Waals surface area contributed by atoms with Crippen LogP contribution in [-0.4, -0.2) is 36.2 Å². The first-order chi connectivity index (χ1) is 6.50. The summed E-state index contributed by atoms with van der Waals surface area (Å²) < 4.78 is 4.62. The molecule has 1 aliphatic rings. The van der Waals surface area contributed by atoms with Crippen LogP contribution in [-0.2, 0) is 14.4 Å². The van der Waals surface area contributed by atoms with Gasteiger partial charge in [-0.15, -0.1) is 0 Å². The lowest BCUT2D eigenvalue weighted by molar-refractivity contribution is -0.292. The van der Waals surface area contributed by atoms with Crippen LogP contribution >= 0.6 is 0 Å². The molecule has 0 aromatic rings. The number of rotatable bonds is 4. The predicted octanol–water partition coefficient (Wildman–Crippen LogP) is 0.282. The van der Waals surface area contributed by atoms with E-state index in [0.717, 1.165) is 0 Å². The van der Waals surface area contributed by atoms with E-state index in [1.807, 2.05) is 13.8 Å². The lowest BCUT2D eigenvalue weighted by Gasteiger charge is -2.10. The Bertz CT molecular complexity index is 221. The second kappa shape index (κ2) is 3.84. The fourth-order valence-corrected chi connectivity index (χ4v) is 2.16. The maximum atomic E-state index is 11.3. The van der Waals surface area contributed by atoms with Gasteiger partial charge >= 0.3 is 5.97 Å². The zero-order valence-corrected chi connectivity index (χ0v) is 8.56. The molecule has 3 atom stereocenters. The lowest BCUT2D eigenvalue weighted by atomic mass is 10.1. The molecule has 0 radical (unpaired) electrons. The fraction of sp³-hybridized carbons (Fsp3) is 0.889. The highest BCUT2D eigenvalue weighted by atomic mass is 17.1. The monoisotopic (exact) mass is 204 g/mol. The smallest absolute Gasteiger partial charge is 0.309 e. The average molecular weight is 204 g/mol. The molecule has 5 heteroatoms. The molecule has 0 heterocycles. The van der Waals surface area contributed by atoms with Gasteiger partial charge in [0.1, 0.15) is 6.10 Å². The van der Waals surface area contributed by atoms with Gasteiger partial charge in [-0.2, -0.15) is 0 Å². The Morgan fingerprint density at radius 3 is 2.50 bits per heavy atom. The molecule has 1 rings (SSSR count). The summed E-state index contributed by atoms with van der Waals surface area (Å²) in [7, 11) is 1.32. The Morgan fingerprint density at radius 1 is 1.57 bits per heavy atom. The van der Waals surface area contributed by atoms with Crippen molar-refractivity contribution in [3.63, 3.8) is 0 Å². The quantitative estimate of drug-likeness (QED) is 0.391. The topological polar surface area (TPSA) is 76.0 Å². The van der Waals surface area contributed by atoms with Crippen molar-refractivity contribution in [2.45, 2.75) is 20.0 Å². The third-order valence-electron chi connectivity index (χ3n) is 3.08. The van der Waals surface area contributed by atoms with Gasteiger partial charge in [0.15, 0.2) is 0 Å². The van der Waals surface area contributed by atoms with Crippen LogP contribution in [0.25, 0.3) is 0 Å². The van der Waals surface area contributed by atoms with Gasteiger partial charge in [-0.1, -0.05) is 13.8 Å². The van der Waals surface area contributed by atoms with Crippen molar-refractivity contribution in [1.82, 2.24) is 0 Å². The van der Waals surface area contributed by atoms with Crippen LogP contribution in [0.2, 0.25) is 0 Å². The van der Waals surface area contributed by atoms with E-state index >= 15 is 0 Å². The second-order valence-corrected chi connectivity index (χ2v) is 4.17. The summed E-state index contributed by atoms with van der Waals surface area (Å²) in [5.41, 5.74) is -0.288. The Balaban J connectivity index is 2.69. The van der Waals surface area contributed by atoms with E-state index in [-0.39, 0.29) is 29.8 Å². The first kappa shape index (κ1) is 11.4. The molecule has 1 aliphatic carbocycles. The molecule has 82 valence electrons. The average Bonchev–Trinajstić information content (AvgIpc) is 2.71. The van der Waals surface area contributed by atoms with Gasteiger partial charge in [0.05, 0.1) is 19.6 Å². The first-order valence-electron chi connectivity index (χ1n) is 4.49. The largest absolute Gasteiger partial charge is 0.469 e. The van der Waals surface area contributed by atoms with E-state index in [0.29, 0.717) is 0 Å². The van der Waals surface area contributed by atoms with Gasteiger partial charge in [0.2, 0.25) is 0 Å². The molecule has 0 bridgehead atoms. The summed E-state index contributed by atoms with van der Waals surface area (Å²) >= 11 is 0. The molecule has 0 aliphatic heterocycles. The molecule has 1 fully saturated rings. The molecule has 1 saturated carbocycles. The lowest BCUT2D eigenvalue weighted by Crippen LogP contribution is -2.22. The summed E-state index contributed by atoms with van der Waals surface area (Å²) in [5, 5.41) is 17.4. The predicted molar refractivity (Wildman–Crippen MR) is 47.4 cm³/mol. The number of ether oxygens (including phenoxy) is 1. The fourth-order valence-electron chi connectivity index (χ4n) is 2.16. The molecule has 0 aromatic carbocycles. The SMILES string of the molecule is COC(=O)C1C(C(CO)OO)C1(C)C. The van der Waals surface area contributed by atoms with Crippen LogP contribution < -0.4 is 0 Å². The van der Waals surface area contributed by atoms with Crippen molar-refractivity contribution in [2.75, 3.05) is 13.7 Å². The highest BCUT2D eigenvalue weighted by Crippen LogP contribution is 2.60. The van der Waals surface area contributed by atoms with Crippen molar-refractivity contribution in [3.05, 3.63) is 0 Å². The van der Waals surface area contributed by atoms with Crippen molar-refractivity contribution >= 4 is 5.97 Å². The van der Waals surface area contributed by atoms with Gasteiger partial charge in [0, 0.05) is 5.92 Å². The highest BCUT2D eigenvalue weighted by molar-refractivity contribution is 5.77. The number of methoxy groups -OCH3 is 1. The summed E-state index contributed by atoms with van der Waals surface area (Å²) in [5.74, 6) is -0.822. The van der Waals surface area contributed by atoms with E-state index in [2.05, 4.69) is 9.62 Å². The minimum absolute atomic E-state index is 0.190. The number of carbonyl (C=O) groups is 1. The standard InChI is InChI=1S/C9H16O5/c1-9(2)6(5(4-10)14-12)7(9)8(11)13-3/h5-7,10,12H,4H2,1-3H3. The summed E-state index contributed by atoms with van der Waals surface area (Å²) in [6, 6.07) is 0. The summed E-state index contributed by atoms with van der Waals surface area (Å²) in [6.45, 7) is 3.44. The number of hydrogen-bond acceptors (Lipinski definition) is 5. The zero-order chi connectivity index (χ0) is 10.9. The number of aliphatic hydroxyl groups excluding tert-OH is 1. The van der Waals surface area contributed by atoms with E-state index < -0.39 is 6.10 Å². The molecule has 0 amide bonds. The van der Waals surface area contributed by atoms with Crippen LogP contribution in [0.3, 0.4) is 0 Å². The number of hydrogen-bond donors (Lipinski definition) is 2. The van der Waals surface area contributed by atoms with Crippen LogP contribution in [0.5, 0.6) is 0 Å². The Kier molecular flexibility index (Phi) is 3.14. The highest BCUT2D eigenvalue weighted by Gasteiger charge is 2.66. The molecular weight excluding hydrogens is 188 g/mol. The molecule has 0 saturated heterocycles. The second-order valence-electron chi connectivity index (χ2n) is 4.17. The normalized spacial score (nSPS) is 30.9. The Hall–Kier alpha value is -0.650. The van der Waals surface area contributed by atoms with Crippen LogP contribution in [0.4, 0.5) is 0 Å². The van der Waals surface area contributed by atoms with E-state index in [4.69, 9.17) is 10.4 Å². The number of carbonyl (C=O) groups excluding carboxylic acids is 1. The molecule has 14 heavy (non-hydrogen) atoms. The van der Waals surface area contributed by atoms with Gasteiger partial charge in [-0.3, -0.25) is 10.1 Å². The Morgan fingerprint density at radius 2 is 2.14 bits per heavy atom. The van der Waals surface area contributed by atoms with E-state index in [9.17, 15) is 4.79 Å². The van der Waals surface area contributed by atoms with Gasteiger partial charge in [-0.25, -0.2) is 4.89 Å². The molecule has 3 unspecified atom stereocenters. The Labute approximate surface area is 82.6 Å². The minimum atomic E-state index is -0.714. The summed E-state index contributed by atoms with van der Waals surface area (Å²) in [6.07, 6.45) is -0.714. The van der Waals surface area contributed by atoms with Crippen molar-refractivity contribution in [2.24, 2.45) is 17.3 Å². The third-order valence-corrected chi connectivity index (χ3v) is 3.08. The molecule has 0 spiro atoms. The molecule has 0 aromatic heterocycles. The van der Waals surface area contributed by atoms with Gasteiger partial charge in [-0.05, 0) is 5.41 Å². The molecule has 5 nitrogen and oxygen atoms in total. The summed E-state index contributed by atoms with van der Waals surface area (Å²) in [4.78, 5) is 15.4. The van der Waals surface area contributed by atoms with Crippen molar-refractivity contribution in [1.29, 1.82) is 0 Å². The van der Waals surface area contributed by atoms with Crippen LogP contribution in [0, 0.1) is 17.3 Å². The van der Waals surface area contributed by atoms with Gasteiger partial charge in [0.25, 0.3) is 0 Å². The molecule has 2 N–H and O–H groups in total. The van der Waals surface area contributed by atoms with E-state index in [1.165, 1.54) is 7.11 Å². The molecular formula is C9H16O5. The van der Waals surface area contributed by atoms with E-state index in [1.54, 1.807) is 0 Å². The van der Waals surface area contributed by atoms with Crippen molar-refractivity contribution in [3.8, 4) is 0 Å². The van der Waals surface area contributed by atoms with Crippen LogP contribution in [0.1, 0.15) is 13.8 Å². The third kappa shape index (κ3) is 1.63. The minimum Gasteiger partial charge on any atom is -0.469 e. The maximum absolute atomic E-state index is 11.3. The number of aliphatic hydroxyl groups is 1.